The molecule has 0 spiro atoms. The molecule has 1 unspecified atom stereocenters. The summed E-state index contributed by atoms with van der Waals surface area (Å²) < 4.78 is 0. The van der Waals surface area contributed by atoms with Gasteiger partial charge in [-0.15, -0.1) is 0 Å². The second kappa shape index (κ2) is 7.09. The predicted molar refractivity (Wildman–Crippen MR) is 83.5 cm³/mol. The van der Waals surface area contributed by atoms with Crippen LogP contribution in [0.5, 0.6) is 0 Å². The van der Waals surface area contributed by atoms with Crippen LogP contribution in [0.1, 0.15) is 64.4 Å². The highest BCUT2D eigenvalue weighted by Crippen LogP contribution is 2.32. The number of hydrogen-bond donors (Lipinski definition) is 1. The van der Waals surface area contributed by atoms with E-state index in [9.17, 15) is 0 Å². The Balaban J connectivity index is 1.76. The Kier molecular flexibility index (Phi) is 5.45. The van der Waals surface area contributed by atoms with Gasteiger partial charge in [-0.25, -0.2) is 0 Å². The van der Waals surface area contributed by atoms with Gasteiger partial charge in [-0.2, -0.15) is 0 Å². The van der Waals surface area contributed by atoms with Gasteiger partial charge in [-0.3, -0.25) is 0 Å². The molecule has 1 aromatic carbocycles. The first-order chi connectivity index (χ1) is 9.15. The summed E-state index contributed by atoms with van der Waals surface area (Å²) in [4.78, 5) is 0. The quantitative estimate of drug-likeness (QED) is 0.805. The van der Waals surface area contributed by atoms with Crippen LogP contribution in [0.2, 0.25) is 0 Å². The molecule has 0 radical (unpaired) electrons. The van der Waals surface area contributed by atoms with Crippen LogP contribution in [0, 0.1) is 5.92 Å². The van der Waals surface area contributed by atoms with Crippen LogP contribution in [0.3, 0.4) is 0 Å². The van der Waals surface area contributed by atoms with Gasteiger partial charge in [0.25, 0.3) is 0 Å². The van der Waals surface area contributed by atoms with E-state index in [4.69, 9.17) is 0 Å². The van der Waals surface area contributed by atoms with E-state index in [1.807, 2.05) is 0 Å². The summed E-state index contributed by atoms with van der Waals surface area (Å²) >= 11 is 0. The SMILES string of the molecule is CC(C)CC(C)NC1CCC(c2ccccc2)CC1. The third-order valence-corrected chi connectivity index (χ3v) is 4.34. The fourth-order valence-corrected chi connectivity index (χ4v) is 3.50. The van der Waals surface area contributed by atoms with Crippen molar-refractivity contribution in [3.05, 3.63) is 35.9 Å². The predicted octanol–water partition coefficient (Wildman–Crippen LogP) is 4.74. The smallest absolute Gasteiger partial charge is 0.00699 e. The fourth-order valence-electron chi connectivity index (χ4n) is 3.50. The van der Waals surface area contributed by atoms with Crippen molar-refractivity contribution < 1.29 is 0 Å². The maximum atomic E-state index is 3.82. The minimum atomic E-state index is 0.665. The van der Waals surface area contributed by atoms with Gasteiger partial charge in [0.1, 0.15) is 0 Å². The summed E-state index contributed by atoms with van der Waals surface area (Å²) in [6.07, 6.45) is 6.65. The van der Waals surface area contributed by atoms with E-state index in [1.165, 1.54) is 37.7 Å². The molecule has 1 nitrogen and oxygen atoms in total. The minimum absolute atomic E-state index is 0.665. The Labute approximate surface area is 118 Å². The average molecular weight is 259 g/mol. The maximum absolute atomic E-state index is 3.82. The molecule has 0 bridgehead atoms. The van der Waals surface area contributed by atoms with Crippen molar-refractivity contribution >= 4 is 0 Å². The fraction of sp³-hybridized carbons (Fsp3) is 0.667. The molecule has 0 saturated heterocycles. The lowest BCUT2D eigenvalue weighted by Crippen LogP contribution is -2.39. The first-order valence-electron chi connectivity index (χ1n) is 7.96. The normalized spacial score (nSPS) is 25.5. The van der Waals surface area contributed by atoms with Gasteiger partial charge in [0.05, 0.1) is 0 Å². The highest BCUT2D eigenvalue weighted by atomic mass is 14.9. The molecule has 2 rings (SSSR count). The van der Waals surface area contributed by atoms with Crippen molar-refractivity contribution in [3.8, 4) is 0 Å². The molecule has 1 heteroatoms. The van der Waals surface area contributed by atoms with E-state index >= 15 is 0 Å². The topological polar surface area (TPSA) is 12.0 Å². The molecular weight excluding hydrogens is 230 g/mol. The highest BCUT2D eigenvalue weighted by Gasteiger charge is 2.23. The summed E-state index contributed by atoms with van der Waals surface area (Å²) in [5.41, 5.74) is 1.54. The van der Waals surface area contributed by atoms with E-state index in [0.29, 0.717) is 6.04 Å². The highest BCUT2D eigenvalue weighted by molar-refractivity contribution is 5.20. The van der Waals surface area contributed by atoms with E-state index in [0.717, 1.165) is 17.9 Å². The molecule has 19 heavy (non-hydrogen) atoms. The van der Waals surface area contributed by atoms with Crippen molar-refractivity contribution in [2.24, 2.45) is 5.92 Å². The lowest BCUT2D eigenvalue weighted by Gasteiger charge is -2.32. The second-order valence-electron chi connectivity index (χ2n) is 6.66. The number of nitrogens with one attached hydrogen (secondary N) is 1. The van der Waals surface area contributed by atoms with Gasteiger partial charge >= 0.3 is 0 Å². The molecule has 0 aromatic heterocycles. The van der Waals surface area contributed by atoms with E-state index < -0.39 is 0 Å². The van der Waals surface area contributed by atoms with Crippen molar-refractivity contribution in [2.75, 3.05) is 0 Å². The van der Waals surface area contributed by atoms with E-state index in [2.05, 4.69) is 56.4 Å². The first kappa shape index (κ1) is 14.6. The first-order valence-corrected chi connectivity index (χ1v) is 7.96. The van der Waals surface area contributed by atoms with Gasteiger partial charge in [-0.05, 0) is 56.4 Å². The third kappa shape index (κ3) is 4.65. The molecule has 1 aliphatic carbocycles. The third-order valence-electron chi connectivity index (χ3n) is 4.34. The van der Waals surface area contributed by atoms with E-state index in [-0.39, 0.29) is 0 Å². The molecule has 0 heterocycles. The maximum Gasteiger partial charge on any atom is 0.00699 e. The van der Waals surface area contributed by atoms with Crippen LogP contribution in [-0.4, -0.2) is 12.1 Å². The Morgan fingerprint density at radius 2 is 1.63 bits per heavy atom. The summed E-state index contributed by atoms with van der Waals surface area (Å²) in [5.74, 6) is 1.59. The standard InChI is InChI=1S/C18H29N/c1-14(2)13-15(3)19-18-11-9-17(10-12-18)16-7-5-4-6-8-16/h4-8,14-15,17-19H,9-13H2,1-3H3. The summed E-state index contributed by atoms with van der Waals surface area (Å²) in [5, 5.41) is 3.82. The number of rotatable bonds is 5. The Morgan fingerprint density at radius 3 is 2.21 bits per heavy atom. The minimum Gasteiger partial charge on any atom is -0.311 e. The second-order valence-corrected chi connectivity index (χ2v) is 6.66. The molecule has 1 aromatic rings. The zero-order valence-corrected chi connectivity index (χ0v) is 12.7. The lowest BCUT2D eigenvalue weighted by molar-refractivity contribution is 0.303. The largest absolute Gasteiger partial charge is 0.311 e. The zero-order chi connectivity index (χ0) is 13.7. The van der Waals surface area contributed by atoms with Crippen molar-refractivity contribution in [3.63, 3.8) is 0 Å². The summed E-state index contributed by atoms with van der Waals surface area (Å²) in [7, 11) is 0. The zero-order valence-electron chi connectivity index (χ0n) is 12.7. The van der Waals surface area contributed by atoms with Crippen LogP contribution in [0.25, 0.3) is 0 Å². The molecule has 1 saturated carbocycles. The lowest BCUT2D eigenvalue weighted by atomic mass is 9.81. The number of hydrogen-bond acceptors (Lipinski definition) is 1. The van der Waals surface area contributed by atoms with Crippen LogP contribution in [0.15, 0.2) is 30.3 Å². The molecule has 1 N–H and O–H groups in total. The van der Waals surface area contributed by atoms with Gasteiger partial charge in [0.2, 0.25) is 0 Å². The van der Waals surface area contributed by atoms with Gasteiger partial charge < -0.3 is 5.32 Å². The average Bonchev–Trinajstić information content (AvgIpc) is 2.39. The van der Waals surface area contributed by atoms with Crippen molar-refractivity contribution in [2.45, 2.75) is 70.9 Å². The van der Waals surface area contributed by atoms with E-state index in [1.54, 1.807) is 0 Å². The van der Waals surface area contributed by atoms with Gasteiger partial charge in [-0.1, -0.05) is 44.2 Å². The molecule has 1 atom stereocenters. The molecule has 106 valence electrons. The summed E-state index contributed by atoms with van der Waals surface area (Å²) in [6, 6.07) is 12.4. The Bertz CT molecular complexity index is 349. The van der Waals surface area contributed by atoms with Crippen molar-refractivity contribution in [1.82, 2.24) is 5.32 Å². The number of benzene rings is 1. The molecule has 0 aliphatic heterocycles. The van der Waals surface area contributed by atoms with Crippen LogP contribution in [-0.2, 0) is 0 Å². The van der Waals surface area contributed by atoms with Crippen molar-refractivity contribution in [1.29, 1.82) is 0 Å². The van der Waals surface area contributed by atoms with Gasteiger partial charge in [0.15, 0.2) is 0 Å². The van der Waals surface area contributed by atoms with Crippen LogP contribution >= 0.6 is 0 Å². The Hall–Kier alpha value is -0.820. The molecule has 1 fully saturated rings. The molecule has 1 aliphatic rings. The Morgan fingerprint density at radius 1 is 1.00 bits per heavy atom. The summed E-state index contributed by atoms with van der Waals surface area (Å²) in [6.45, 7) is 6.96. The molecular formula is C18H29N. The van der Waals surface area contributed by atoms with Gasteiger partial charge in [0, 0.05) is 12.1 Å². The molecule has 0 amide bonds. The van der Waals surface area contributed by atoms with Crippen LogP contribution in [0.4, 0.5) is 0 Å². The monoisotopic (exact) mass is 259 g/mol. The van der Waals surface area contributed by atoms with Crippen LogP contribution < -0.4 is 5.32 Å².